The number of hydrogen-bond donors (Lipinski definition) is 3. The number of hydrogen-bond acceptors (Lipinski definition) is 6. The molecule has 44 heavy (non-hydrogen) atoms. The number of benzene rings is 2. The van der Waals surface area contributed by atoms with E-state index in [-0.39, 0.29) is 23.4 Å². The lowest BCUT2D eigenvalue weighted by Gasteiger charge is -2.38. The third kappa shape index (κ3) is 5.77. The zero-order valence-electron chi connectivity index (χ0n) is 26.9. The van der Waals surface area contributed by atoms with Gasteiger partial charge >= 0.3 is 0 Å². The van der Waals surface area contributed by atoms with E-state index < -0.39 is 0 Å². The highest BCUT2D eigenvalue weighted by molar-refractivity contribution is 5.99. The van der Waals surface area contributed by atoms with Crippen LogP contribution in [0, 0.1) is 20.8 Å². The molecule has 1 aromatic heterocycles. The molecule has 4 heterocycles. The summed E-state index contributed by atoms with van der Waals surface area (Å²) < 4.78 is 5.68. The van der Waals surface area contributed by atoms with Crippen molar-refractivity contribution in [3.63, 3.8) is 0 Å². The summed E-state index contributed by atoms with van der Waals surface area (Å²) in [5.41, 5.74) is 9.79. The van der Waals surface area contributed by atoms with Gasteiger partial charge in [-0.2, -0.15) is 0 Å². The fourth-order valence-electron chi connectivity index (χ4n) is 7.57. The van der Waals surface area contributed by atoms with Crippen LogP contribution in [0.2, 0.25) is 0 Å². The van der Waals surface area contributed by atoms with Crippen LogP contribution in [-0.4, -0.2) is 68.3 Å². The van der Waals surface area contributed by atoms with E-state index in [4.69, 9.17) is 4.74 Å². The number of aromatic nitrogens is 1. The number of fused-ring (bicyclic) bond motifs is 2. The number of aryl methyl sites for hydroxylation is 2. The van der Waals surface area contributed by atoms with Crippen molar-refractivity contribution in [2.24, 2.45) is 0 Å². The fraction of sp³-hybridized carbons (Fsp3) is 0.500. The molecule has 2 fully saturated rings. The molecule has 0 radical (unpaired) electrons. The van der Waals surface area contributed by atoms with Crippen molar-refractivity contribution >= 4 is 17.3 Å². The summed E-state index contributed by atoms with van der Waals surface area (Å²) in [6.07, 6.45) is 4.27. The molecule has 1 spiro atoms. The highest BCUT2D eigenvalue weighted by atomic mass is 16.5. The number of rotatable bonds is 7. The van der Waals surface area contributed by atoms with Gasteiger partial charge < -0.3 is 30.2 Å². The molecule has 6 rings (SSSR count). The van der Waals surface area contributed by atoms with Gasteiger partial charge in [0.25, 0.3) is 11.5 Å². The van der Waals surface area contributed by atoms with Crippen molar-refractivity contribution in [1.29, 1.82) is 0 Å². The molecule has 3 aliphatic rings. The molecule has 3 aliphatic heterocycles. The lowest BCUT2D eigenvalue weighted by molar-refractivity contribution is 0.0846. The van der Waals surface area contributed by atoms with Gasteiger partial charge in [-0.05, 0) is 126 Å². The Morgan fingerprint density at radius 1 is 1.07 bits per heavy atom. The quantitative estimate of drug-likeness (QED) is 0.343. The van der Waals surface area contributed by atoms with E-state index in [1.165, 1.54) is 24.1 Å². The van der Waals surface area contributed by atoms with Gasteiger partial charge in [0.2, 0.25) is 0 Å². The Balaban J connectivity index is 1.37. The predicted octanol–water partition coefficient (Wildman–Crippen LogP) is 5.29. The summed E-state index contributed by atoms with van der Waals surface area (Å²) in [6, 6.07) is 13.4. The second-order valence-electron chi connectivity index (χ2n) is 13.1. The van der Waals surface area contributed by atoms with E-state index in [0.29, 0.717) is 17.2 Å². The summed E-state index contributed by atoms with van der Waals surface area (Å²) in [5, 5.41) is 6.80. The van der Waals surface area contributed by atoms with Crippen LogP contribution in [-0.2, 0) is 16.7 Å². The lowest BCUT2D eigenvalue weighted by Crippen LogP contribution is -2.42. The molecule has 0 bridgehead atoms. The van der Waals surface area contributed by atoms with Crippen molar-refractivity contribution in [1.82, 2.24) is 15.2 Å². The first-order valence-corrected chi connectivity index (χ1v) is 16.2. The zero-order chi connectivity index (χ0) is 31.0. The van der Waals surface area contributed by atoms with Crippen LogP contribution in [0.25, 0.3) is 11.1 Å². The molecule has 2 aromatic carbocycles. The number of piperidine rings is 1. The Morgan fingerprint density at radius 2 is 1.82 bits per heavy atom. The number of pyridine rings is 1. The first-order chi connectivity index (χ1) is 21.2. The first-order valence-electron chi connectivity index (χ1n) is 16.2. The van der Waals surface area contributed by atoms with Gasteiger partial charge in [-0.3, -0.25) is 9.59 Å². The SMILES string of the molecule is CCN(c1cc(-c2ccc3c(c2)NCC32CCN(C)CC2)cc(C(=O)NCc2c(C)cc(C)[nH]c2=O)c1C)C1CCOCC1. The Labute approximate surface area is 261 Å². The molecule has 0 aliphatic carbocycles. The van der Waals surface area contributed by atoms with Crippen LogP contribution in [0.15, 0.2) is 41.2 Å². The van der Waals surface area contributed by atoms with E-state index >= 15 is 0 Å². The van der Waals surface area contributed by atoms with Crippen LogP contribution in [0.1, 0.15) is 70.9 Å². The minimum Gasteiger partial charge on any atom is -0.384 e. The van der Waals surface area contributed by atoms with Crippen LogP contribution in [0.4, 0.5) is 11.4 Å². The van der Waals surface area contributed by atoms with Crippen LogP contribution in [0.3, 0.4) is 0 Å². The van der Waals surface area contributed by atoms with E-state index in [9.17, 15) is 9.59 Å². The van der Waals surface area contributed by atoms with Crippen LogP contribution >= 0.6 is 0 Å². The molecule has 234 valence electrons. The fourth-order valence-corrected chi connectivity index (χ4v) is 7.57. The number of nitrogens with zero attached hydrogens (tertiary/aromatic N) is 2. The summed E-state index contributed by atoms with van der Waals surface area (Å²) in [7, 11) is 2.21. The largest absolute Gasteiger partial charge is 0.384 e. The average molecular weight is 598 g/mol. The molecule has 3 N–H and O–H groups in total. The minimum absolute atomic E-state index is 0.154. The second-order valence-corrected chi connectivity index (χ2v) is 13.1. The molecular weight excluding hydrogens is 550 g/mol. The molecule has 3 aromatic rings. The third-order valence-corrected chi connectivity index (χ3v) is 10.3. The number of H-pyrrole nitrogens is 1. The number of carbonyl (C=O) groups is 1. The van der Waals surface area contributed by atoms with Crippen LogP contribution < -0.4 is 21.1 Å². The average Bonchev–Trinajstić information content (AvgIpc) is 3.37. The first kappa shape index (κ1) is 30.4. The van der Waals surface area contributed by atoms with Gasteiger partial charge in [-0.15, -0.1) is 0 Å². The minimum atomic E-state index is -0.169. The Morgan fingerprint density at radius 3 is 2.52 bits per heavy atom. The highest BCUT2D eigenvalue weighted by Crippen LogP contribution is 2.45. The van der Waals surface area contributed by atoms with Crippen molar-refractivity contribution in [2.45, 2.75) is 71.4 Å². The monoisotopic (exact) mass is 597 g/mol. The molecule has 1 amide bonds. The maximum atomic E-state index is 13.9. The number of aromatic amines is 1. The van der Waals surface area contributed by atoms with Crippen molar-refractivity contribution in [2.75, 3.05) is 56.7 Å². The predicted molar refractivity (Wildman–Crippen MR) is 178 cm³/mol. The molecule has 0 unspecified atom stereocenters. The van der Waals surface area contributed by atoms with Gasteiger partial charge in [0, 0.05) is 72.5 Å². The van der Waals surface area contributed by atoms with Gasteiger partial charge in [0.15, 0.2) is 0 Å². The van der Waals surface area contributed by atoms with Gasteiger partial charge in [0.05, 0.1) is 0 Å². The lowest BCUT2D eigenvalue weighted by atomic mass is 9.74. The summed E-state index contributed by atoms with van der Waals surface area (Å²) in [4.78, 5) is 34.3. The second kappa shape index (κ2) is 12.4. The third-order valence-electron chi connectivity index (χ3n) is 10.3. The summed E-state index contributed by atoms with van der Waals surface area (Å²) in [6.45, 7) is 13.8. The standard InChI is InChI=1S/C36H47N5O3/c1-6-41(28-9-15-44-16-10-28)33-20-27(26-7-8-31-32(19-26)38-22-36(31)11-13-40(5)14-12-36)18-29(25(33)4)34(42)37-21-30-23(2)17-24(3)39-35(30)43/h7-8,17-20,28,38H,6,9-16,21-22H2,1-5H3,(H,37,42)(H,39,43). The van der Waals surface area contributed by atoms with Gasteiger partial charge in [-0.1, -0.05) is 12.1 Å². The molecule has 2 saturated heterocycles. The Kier molecular flexibility index (Phi) is 8.57. The number of anilines is 2. The van der Waals surface area contributed by atoms with E-state index in [1.54, 1.807) is 0 Å². The normalized spacial score (nSPS) is 18.2. The zero-order valence-corrected chi connectivity index (χ0v) is 26.9. The Hall–Kier alpha value is -3.62. The molecule has 0 saturated carbocycles. The smallest absolute Gasteiger partial charge is 0.253 e. The molecule has 0 atom stereocenters. The Bertz CT molecular complexity index is 1600. The number of likely N-dealkylation sites (tertiary alicyclic amines) is 1. The van der Waals surface area contributed by atoms with Gasteiger partial charge in [-0.25, -0.2) is 0 Å². The van der Waals surface area contributed by atoms with Crippen LogP contribution in [0.5, 0.6) is 0 Å². The number of amides is 1. The van der Waals surface area contributed by atoms with Crippen molar-refractivity contribution in [3.8, 4) is 11.1 Å². The van der Waals surface area contributed by atoms with Crippen molar-refractivity contribution < 1.29 is 9.53 Å². The van der Waals surface area contributed by atoms with E-state index in [0.717, 1.165) is 85.9 Å². The maximum Gasteiger partial charge on any atom is 0.253 e. The van der Waals surface area contributed by atoms with E-state index in [1.807, 2.05) is 32.9 Å². The topological polar surface area (TPSA) is 89.7 Å². The molecule has 8 nitrogen and oxygen atoms in total. The van der Waals surface area contributed by atoms with Gasteiger partial charge in [0.1, 0.15) is 0 Å². The number of carbonyl (C=O) groups excluding carboxylic acids is 1. The van der Waals surface area contributed by atoms with E-state index in [2.05, 4.69) is 63.7 Å². The molecular formula is C36H47N5O3. The van der Waals surface area contributed by atoms with Crippen molar-refractivity contribution in [3.05, 3.63) is 80.3 Å². The summed E-state index contributed by atoms with van der Waals surface area (Å²) >= 11 is 0. The number of ether oxygens (including phenoxy) is 1. The maximum absolute atomic E-state index is 13.9. The summed E-state index contributed by atoms with van der Waals surface area (Å²) in [5.74, 6) is -0.169. The molecule has 8 heteroatoms. The highest BCUT2D eigenvalue weighted by Gasteiger charge is 2.40. The number of nitrogens with one attached hydrogen (secondary N) is 3.